The van der Waals surface area contributed by atoms with E-state index in [1.54, 1.807) is 18.2 Å². The van der Waals surface area contributed by atoms with Crippen molar-refractivity contribution in [2.24, 2.45) is 0 Å². The molecule has 3 saturated carbocycles. The number of nitrogens with zero attached hydrogens (tertiary/aromatic N) is 2. The molecular weight excluding hydrogens is 416 g/mol. The van der Waals surface area contributed by atoms with Crippen molar-refractivity contribution in [3.05, 3.63) is 64.9 Å². The van der Waals surface area contributed by atoms with Crippen molar-refractivity contribution in [2.75, 3.05) is 6.61 Å². The van der Waals surface area contributed by atoms with Crippen molar-refractivity contribution in [1.29, 1.82) is 0 Å². The van der Waals surface area contributed by atoms with Crippen LogP contribution in [0.2, 0.25) is 5.02 Å². The van der Waals surface area contributed by atoms with Crippen LogP contribution in [0.4, 0.5) is 0 Å². The van der Waals surface area contributed by atoms with Gasteiger partial charge < -0.3 is 15.4 Å². The van der Waals surface area contributed by atoms with E-state index in [9.17, 15) is 9.59 Å². The number of nitrogens with one attached hydrogen (secondary N) is 2. The Morgan fingerprint density at radius 3 is 2.52 bits per heavy atom. The molecule has 0 saturated heterocycles. The minimum Gasteiger partial charge on any atom is -0.484 e. The second-order valence-corrected chi connectivity index (χ2v) is 8.94. The van der Waals surface area contributed by atoms with Crippen molar-refractivity contribution < 1.29 is 14.3 Å². The van der Waals surface area contributed by atoms with E-state index in [0.717, 1.165) is 11.1 Å². The molecule has 0 aliphatic heterocycles. The number of benzene rings is 2. The maximum absolute atomic E-state index is 12.6. The summed E-state index contributed by atoms with van der Waals surface area (Å²) in [5.74, 6) is 0.196. The molecule has 0 spiro atoms. The van der Waals surface area contributed by atoms with E-state index in [1.807, 2.05) is 31.2 Å². The fourth-order valence-electron chi connectivity index (χ4n) is 4.61. The molecule has 0 radical (unpaired) electrons. The Morgan fingerprint density at radius 2 is 1.77 bits per heavy atom. The molecule has 3 aromatic rings. The van der Waals surface area contributed by atoms with Gasteiger partial charge in [-0.2, -0.15) is 0 Å². The van der Waals surface area contributed by atoms with Crippen LogP contribution < -0.4 is 15.4 Å². The van der Waals surface area contributed by atoms with Crippen LogP contribution in [0, 0.1) is 6.92 Å². The molecule has 0 unspecified atom stereocenters. The molecule has 1 aromatic heterocycles. The van der Waals surface area contributed by atoms with Crippen LogP contribution in [0.5, 0.6) is 5.75 Å². The highest BCUT2D eigenvalue weighted by Crippen LogP contribution is 2.60. The largest absolute Gasteiger partial charge is 0.484 e. The Bertz CT molecular complexity index is 1190. The lowest BCUT2D eigenvalue weighted by Gasteiger charge is -2.70. The van der Waals surface area contributed by atoms with Gasteiger partial charge in [0.2, 0.25) is 0 Å². The van der Waals surface area contributed by atoms with Crippen molar-refractivity contribution in [3.8, 4) is 5.75 Å². The summed E-state index contributed by atoms with van der Waals surface area (Å²) in [4.78, 5) is 33.6. The van der Waals surface area contributed by atoms with Gasteiger partial charge in [-0.3, -0.25) is 14.6 Å². The molecule has 3 aliphatic carbocycles. The van der Waals surface area contributed by atoms with Crippen LogP contribution in [0.3, 0.4) is 0 Å². The minimum absolute atomic E-state index is 0.0607. The quantitative estimate of drug-likeness (QED) is 0.619. The predicted octanol–water partition coefficient (Wildman–Crippen LogP) is 3.19. The van der Waals surface area contributed by atoms with Crippen molar-refractivity contribution in [3.63, 3.8) is 0 Å². The van der Waals surface area contributed by atoms with Gasteiger partial charge in [0.05, 0.1) is 17.2 Å². The Labute approximate surface area is 184 Å². The summed E-state index contributed by atoms with van der Waals surface area (Å²) >= 11 is 6.00. The second-order valence-electron chi connectivity index (χ2n) is 8.54. The first-order chi connectivity index (χ1) is 14.9. The molecule has 3 fully saturated rings. The summed E-state index contributed by atoms with van der Waals surface area (Å²) < 4.78 is 5.56. The summed E-state index contributed by atoms with van der Waals surface area (Å²) in [7, 11) is 0. The number of hydrogen-bond acceptors (Lipinski definition) is 5. The summed E-state index contributed by atoms with van der Waals surface area (Å²) in [6, 6.07) is 12.7. The smallest absolute Gasteiger partial charge is 0.271 e. The average Bonchev–Trinajstić information content (AvgIpc) is 2.71. The molecule has 2 aromatic carbocycles. The monoisotopic (exact) mass is 436 g/mol. The molecule has 158 valence electrons. The van der Waals surface area contributed by atoms with Crippen LogP contribution in [-0.2, 0) is 4.79 Å². The zero-order valence-corrected chi connectivity index (χ0v) is 17.7. The van der Waals surface area contributed by atoms with E-state index in [0.29, 0.717) is 41.2 Å². The van der Waals surface area contributed by atoms with Gasteiger partial charge in [-0.15, -0.1) is 0 Å². The van der Waals surface area contributed by atoms with E-state index in [-0.39, 0.29) is 29.5 Å². The molecule has 31 heavy (non-hydrogen) atoms. The van der Waals surface area contributed by atoms with Crippen LogP contribution in [0.15, 0.2) is 48.7 Å². The van der Waals surface area contributed by atoms with Crippen molar-refractivity contribution >= 4 is 34.4 Å². The van der Waals surface area contributed by atoms with Gasteiger partial charge in [-0.05, 0) is 62.1 Å². The number of para-hydroxylation sites is 2. The minimum atomic E-state index is -0.272. The van der Waals surface area contributed by atoms with Gasteiger partial charge >= 0.3 is 0 Å². The molecule has 1 heterocycles. The van der Waals surface area contributed by atoms with Crippen LogP contribution in [0.1, 0.15) is 35.3 Å². The summed E-state index contributed by atoms with van der Waals surface area (Å²) in [5, 5.41) is 6.78. The molecule has 8 heteroatoms. The molecule has 2 N–H and O–H groups in total. The number of ether oxygens (including phenoxy) is 1. The standard InChI is InChI=1S/C23H21ClN4O3/c1-14-8-15(6-7-16(14)24)31-10-20(29)27-22-11-23(12-22,13-22)28-21(30)19-9-25-17-4-2-3-5-18(17)26-19/h2-9H,10-13H2,1H3,(H,27,29)(H,28,30). The van der Waals surface area contributed by atoms with E-state index >= 15 is 0 Å². The number of amides is 2. The number of carbonyl (C=O) groups is 2. The molecule has 6 rings (SSSR count). The van der Waals surface area contributed by atoms with Crippen molar-refractivity contribution in [1.82, 2.24) is 20.6 Å². The van der Waals surface area contributed by atoms with E-state index < -0.39 is 0 Å². The van der Waals surface area contributed by atoms with Gasteiger partial charge in [0, 0.05) is 16.1 Å². The lowest BCUT2D eigenvalue weighted by molar-refractivity contribution is -0.141. The second kappa shape index (κ2) is 7.20. The normalized spacial score (nSPS) is 23.4. The number of aryl methyl sites for hydroxylation is 1. The first-order valence-corrected chi connectivity index (χ1v) is 10.5. The number of carbonyl (C=O) groups excluding carboxylic acids is 2. The SMILES string of the molecule is Cc1cc(OCC(=O)NC23CC(NC(=O)c4cnc5ccccc5n4)(C2)C3)ccc1Cl. The number of aromatic nitrogens is 2. The van der Waals surface area contributed by atoms with Gasteiger partial charge in [0.15, 0.2) is 6.61 Å². The average molecular weight is 437 g/mol. The summed E-state index contributed by atoms with van der Waals surface area (Å²) in [6.45, 7) is 1.82. The van der Waals surface area contributed by atoms with E-state index in [4.69, 9.17) is 16.3 Å². The molecule has 0 atom stereocenters. The zero-order valence-electron chi connectivity index (χ0n) is 16.9. The van der Waals surface area contributed by atoms with Gasteiger partial charge in [-0.25, -0.2) is 4.98 Å². The number of fused-ring (bicyclic) bond motifs is 1. The van der Waals surface area contributed by atoms with Crippen LogP contribution in [0.25, 0.3) is 11.0 Å². The van der Waals surface area contributed by atoms with E-state index in [2.05, 4.69) is 20.6 Å². The highest BCUT2D eigenvalue weighted by Gasteiger charge is 2.69. The van der Waals surface area contributed by atoms with Crippen LogP contribution in [-0.4, -0.2) is 39.5 Å². The first kappa shape index (κ1) is 19.8. The predicted molar refractivity (Wildman–Crippen MR) is 116 cm³/mol. The summed E-state index contributed by atoms with van der Waals surface area (Å²) in [6.07, 6.45) is 3.62. The maximum Gasteiger partial charge on any atom is 0.271 e. The topological polar surface area (TPSA) is 93.2 Å². The molecule has 3 aliphatic rings. The Morgan fingerprint density at radius 1 is 1.06 bits per heavy atom. The third-order valence-electron chi connectivity index (χ3n) is 5.99. The number of halogens is 1. The number of hydrogen-bond donors (Lipinski definition) is 2. The molecule has 7 nitrogen and oxygen atoms in total. The fraction of sp³-hybridized carbons (Fsp3) is 0.304. The lowest BCUT2D eigenvalue weighted by atomic mass is 9.44. The molecule has 2 bridgehead atoms. The third kappa shape index (κ3) is 3.70. The number of rotatable bonds is 6. The molecular formula is C23H21ClN4O3. The Hall–Kier alpha value is -3.19. The van der Waals surface area contributed by atoms with Gasteiger partial charge in [-0.1, -0.05) is 23.7 Å². The maximum atomic E-state index is 12.6. The highest BCUT2D eigenvalue weighted by atomic mass is 35.5. The lowest BCUT2D eigenvalue weighted by Crippen LogP contribution is -2.84. The Kier molecular flexibility index (Phi) is 4.59. The van der Waals surface area contributed by atoms with Crippen LogP contribution >= 0.6 is 11.6 Å². The highest BCUT2D eigenvalue weighted by molar-refractivity contribution is 6.31. The summed E-state index contributed by atoms with van der Waals surface area (Å²) in [5.41, 5.74) is 2.11. The molecule has 2 amide bonds. The van der Waals surface area contributed by atoms with Gasteiger partial charge in [0.25, 0.3) is 11.8 Å². The van der Waals surface area contributed by atoms with Gasteiger partial charge in [0.1, 0.15) is 11.4 Å². The first-order valence-electron chi connectivity index (χ1n) is 10.1. The third-order valence-corrected chi connectivity index (χ3v) is 6.42. The fourth-order valence-corrected chi connectivity index (χ4v) is 4.73. The zero-order chi connectivity index (χ0) is 21.6. The van der Waals surface area contributed by atoms with E-state index in [1.165, 1.54) is 6.20 Å². The van der Waals surface area contributed by atoms with Crippen molar-refractivity contribution in [2.45, 2.75) is 37.3 Å². The Balaban J connectivity index is 1.12.